The number of rotatable bonds is 0. The second kappa shape index (κ2) is 3.83. The first-order valence-corrected chi connectivity index (χ1v) is 6.73. The number of pyridine rings is 1. The normalized spacial score (nSPS) is 16.1. The third kappa shape index (κ3) is 2.38. The lowest BCUT2D eigenvalue weighted by atomic mass is 9.84. The Hall–Kier alpha value is -0.850. The molecule has 94 valence electrons. The van der Waals surface area contributed by atoms with Gasteiger partial charge in [0.05, 0.1) is 0 Å². The van der Waals surface area contributed by atoms with Crippen molar-refractivity contribution in [3.8, 4) is 0 Å². The molecule has 1 aliphatic rings. The highest BCUT2D eigenvalue weighted by Crippen LogP contribution is 2.34. The van der Waals surface area contributed by atoms with Gasteiger partial charge in [0, 0.05) is 22.2 Å². The Morgan fingerprint density at radius 2 is 1.59 bits per heavy atom. The summed E-state index contributed by atoms with van der Waals surface area (Å²) in [7, 11) is 0. The molecule has 0 unspecified atom stereocenters. The van der Waals surface area contributed by atoms with Crippen LogP contribution in [0.1, 0.15) is 70.5 Å². The van der Waals surface area contributed by atoms with Gasteiger partial charge in [-0.2, -0.15) is 0 Å². The van der Waals surface area contributed by atoms with Gasteiger partial charge in [-0.15, -0.1) is 0 Å². The predicted octanol–water partition coefficient (Wildman–Crippen LogP) is 4.17. The second-order valence-corrected chi connectivity index (χ2v) is 7.35. The molecule has 0 N–H and O–H groups in total. The van der Waals surface area contributed by atoms with Crippen molar-refractivity contribution < 1.29 is 0 Å². The van der Waals surface area contributed by atoms with Gasteiger partial charge in [-0.1, -0.05) is 41.5 Å². The van der Waals surface area contributed by atoms with E-state index in [2.05, 4.69) is 47.6 Å². The Kier molecular flexibility index (Phi) is 2.84. The number of hydrogen-bond donors (Lipinski definition) is 0. The molecule has 17 heavy (non-hydrogen) atoms. The van der Waals surface area contributed by atoms with Crippen molar-refractivity contribution in [1.82, 2.24) is 4.98 Å². The average Bonchev–Trinajstić information content (AvgIpc) is 2.59. The molecule has 1 aromatic rings. The first-order valence-electron chi connectivity index (χ1n) is 6.73. The molecular weight excluding hydrogens is 206 g/mol. The van der Waals surface area contributed by atoms with E-state index in [1.807, 2.05) is 0 Å². The summed E-state index contributed by atoms with van der Waals surface area (Å²) < 4.78 is 0. The van der Waals surface area contributed by atoms with Crippen LogP contribution in [-0.2, 0) is 23.7 Å². The van der Waals surface area contributed by atoms with E-state index in [4.69, 9.17) is 4.98 Å². The summed E-state index contributed by atoms with van der Waals surface area (Å²) in [5.74, 6) is 0. The molecule has 0 bridgehead atoms. The molecule has 1 aromatic heterocycles. The van der Waals surface area contributed by atoms with Gasteiger partial charge in [-0.05, 0) is 36.5 Å². The third-order valence-corrected chi connectivity index (χ3v) is 3.57. The van der Waals surface area contributed by atoms with Crippen LogP contribution in [-0.4, -0.2) is 4.98 Å². The molecule has 1 heteroatoms. The fraction of sp³-hybridized carbons (Fsp3) is 0.688. The largest absolute Gasteiger partial charge is 0.256 e. The third-order valence-electron chi connectivity index (χ3n) is 3.57. The van der Waals surface area contributed by atoms with Gasteiger partial charge in [-0.25, -0.2) is 0 Å². The zero-order valence-corrected chi connectivity index (χ0v) is 12.1. The number of fused-ring (bicyclic) bond motifs is 1. The van der Waals surface area contributed by atoms with Crippen LogP contribution in [0.2, 0.25) is 0 Å². The van der Waals surface area contributed by atoms with Gasteiger partial charge < -0.3 is 0 Å². The van der Waals surface area contributed by atoms with Crippen LogP contribution in [0.25, 0.3) is 0 Å². The monoisotopic (exact) mass is 231 g/mol. The number of nitrogens with zero attached hydrogens (tertiary/aromatic N) is 1. The van der Waals surface area contributed by atoms with Gasteiger partial charge >= 0.3 is 0 Å². The molecule has 0 aliphatic heterocycles. The molecule has 2 rings (SSSR count). The maximum atomic E-state index is 4.99. The van der Waals surface area contributed by atoms with Crippen LogP contribution in [0.3, 0.4) is 0 Å². The summed E-state index contributed by atoms with van der Waals surface area (Å²) >= 11 is 0. The fourth-order valence-corrected chi connectivity index (χ4v) is 2.59. The molecule has 0 fully saturated rings. The minimum absolute atomic E-state index is 0.150. The molecule has 0 radical (unpaired) electrons. The van der Waals surface area contributed by atoms with Crippen molar-refractivity contribution in [3.05, 3.63) is 28.6 Å². The second-order valence-electron chi connectivity index (χ2n) is 7.35. The Labute approximate surface area is 106 Å². The van der Waals surface area contributed by atoms with Crippen molar-refractivity contribution >= 4 is 0 Å². The summed E-state index contributed by atoms with van der Waals surface area (Å²) in [6, 6.07) is 2.34. The van der Waals surface area contributed by atoms with Gasteiger partial charge in [0.25, 0.3) is 0 Å². The lowest BCUT2D eigenvalue weighted by molar-refractivity contribution is 0.526. The molecule has 0 atom stereocenters. The van der Waals surface area contributed by atoms with E-state index in [0.29, 0.717) is 0 Å². The van der Waals surface area contributed by atoms with E-state index in [1.54, 1.807) is 5.56 Å². The minimum Gasteiger partial charge on any atom is -0.256 e. The summed E-state index contributed by atoms with van der Waals surface area (Å²) in [4.78, 5) is 4.99. The Bertz CT molecular complexity index is 430. The highest BCUT2D eigenvalue weighted by molar-refractivity contribution is 5.40. The van der Waals surface area contributed by atoms with Crippen molar-refractivity contribution in [2.45, 2.75) is 71.6 Å². The van der Waals surface area contributed by atoms with E-state index >= 15 is 0 Å². The Morgan fingerprint density at radius 3 is 2.12 bits per heavy atom. The molecule has 1 aliphatic carbocycles. The van der Waals surface area contributed by atoms with Crippen molar-refractivity contribution in [1.29, 1.82) is 0 Å². The van der Waals surface area contributed by atoms with Crippen molar-refractivity contribution in [2.24, 2.45) is 0 Å². The van der Waals surface area contributed by atoms with Gasteiger partial charge in [0.1, 0.15) is 0 Å². The molecule has 1 nitrogen and oxygen atoms in total. The molecule has 0 amide bonds. The summed E-state index contributed by atoms with van der Waals surface area (Å²) in [5, 5.41) is 0. The van der Waals surface area contributed by atoms with Crippen LogP contribution in [0.5, 0.6) is 0 Å². The van der Waals surface area contributed by atoms with Gasteiger partial charge in [-0.3, -0.25) is 4.98 Å². The standard InChI is InChI=1S/C16H25N/c1-15(2,3)13-10-11-8-7-9-12(11)14(17-13)16(4,5)6/h10H,7-9H2,1-6H3. The molecule has 0 saturated carbocycles. The lowest BCUT2D eigenvalue weighted by Gasteiger charge is -2.26. The average molecular weight is 231 g/mol. The highest BCUT2D eigenvalue weighted by Gasteiger charge is 2.28. The maximum absolute atomic E-state index is 4.99. The van der Waals surface area contributed by atoms with E-state index in [-0.39, 0.29) is 10.8 Å². The lowest BCUT2D eigenvalue weighted by Crippen LogP contribution is -2.22. The summed E-state index contributed by atoms with van der Waals surface area (Å²) in [5.41, 5.74) is 5.98. The first kappa shape index (κ1) is 12.6. The number of hydrogen-bond acceptors (Lipinski definition) is 1. The molecular formula is C16H25N. The summed E-state index contributed by atoms with van der Waals surface area (Å²) in [6.07, 6.45) is 3.76. The smallest absolute Gasteiger partial charge is 0.0495 e. The highest BCUT2D eigenvalue weighted by atomic mass is 14.8. The maximum Gasteiger partial charge on any atom is 0.0495 e. The molecule has 0 saturated heterocycles. The topological polar surface area (TPSA) is 12.9 Å². The molecule has 0 aromatic carbocycles. The number of aromatic nitrogens is 1. The van der Waals surface area contributed by atoms with E-state index in [9.17, 15) is 0 Å². The minimum atomic E-state index is 0.150. The molecule has 1 heterocycles. The SMILES string of the molecule is CC(C)(C)c1cc2c(c(C(C)(C)C)n1)CCC2. The Morgan fingerprint density at radius 1 is 0.941 bits per heavy atom. The quantitative estimate of drug-likeness (QED) is 0.653. The van der Waals surface area contributed by atoms with Crippen LogP contribution in [0, 0.1) is 0 Å². The zero-order valence-electron chi connectivity index (χ0n) is 12.1. The van der Waals surface area contributed by atoms with Gasteiger partial charge in [0.15, 0.2) is 0 Å². The van der Waals surface area contributed by atoms with Crippen LogP contribution >= 0.6 is 0 Å². The number of aryl methyl sites for hydroxylation is 1. The van der Waals surface area contributed by atoms with Crippen LogP contribution in [0.4, 0.5) is 0 Å². The Balaban J connectivity index is 2.62. The fourth-order valence-electron chi connectivity index (χ4n) is 2.59. The predicted molar refractivity (Wildman–Crippen MR) is 73.7 cm³/mol. The zero-order chi connectivity index (χ0) is 12.8. The van der Waals surface area contributed by atoms with Crippen LogP contribution in [0.15, 0.2) is 6.07 Å². The van der Waals surface area contributed by atoms with Gasteiger partial charge in [0.2, 0.25) is 0 Å². The summed E-state index contributed by atoms with van der Waals surface area (Å²) in [6.45, 7) is 13.6. The van der Waals surface area contributed by atoms with E-state index < -0.39 is 0 Å². The van der Waals surface area contributed by atoms with Crippen molar-refractivity contribution in [3.63, 3.8) is 0 Å². The first-order chi connectivity index (χ1) is 7.69. The van der Waals surface area contributed by atoms with E-state index in [0.717, 1.165) is 0 Å². The van der Waals surface area contributed by atoms with Crippen molar-refractivity contribution in [2.75, 3.05) is 0 Å². The van der Waals surface area contributed by atoms with E-state index in [1.165, 1.54) is 36.2 Å². The van der Waals surface area contributed by atoms with Crippen LogP contribution < -0.4 is 0 Å². The molecule has 0 spiro atoms.